The number of imidazole rings is 1. The quantitative estimate of drug-likeness (QED) is 0.411. The normalized spacial score (nSPS) is 17.5. The summed E-state index contributed by atoms with van der Waals surface area (Å²) in [6.45, 7) is -0.969. The van der Waals surface area contributed by atoms with Crippen LogP contribution >= 0.6 is 11.6 Å². The van der Waals surface area contributed by atoms with Crippen molar-refractivity contribution in [2.24, 2.45) is 6.98 Å². The predicted molar refractivity (Wildman–Crippen MR) is 141 cm³/mol. The van der Waals surface area contributed by atoms with E-state index in [9.17, 15) is 14.3 Å². The number of aromatic hydroxyl groups is 1. The largest absolute Gasteiger partial charge is 0.507 e. The molecule has 36 heavy (non-hydrogen) atoms. The summed E-state index contributed by atoms with van der Waals surface area (Å²) in [4.78, 5) is 19.3. The second-order valence-corrected chi connectivity index (χ2v) is 9.22. The monoisotopic (exact) mass is 510 g/mol. The third-order valence-corrected chi connectivity index (χ3v) is 6.88. The van der Waals surface area contributed by atoms with Gasteiger partial charge in [-0.2, -0.15) is 0 Å². The Morgan fingerprint density at radius 3 is 2.64 bits per heavy atom. The topological polar surface area (TPSA) is 75.3 Å². The third-order valence-electron chi connectivity index (χ3n) is 6.58. The molecule has 0 aliphatic carbocycles. The average Bonchev–Trinajstić information content (AvgIpc) is 3.31. The Kier molecular flexibility index (Phi) is 5.59. The van der Waals surface area contributed by atoms with E-state index in [0.29, 0.717) is 27.3 Å². The van der Waals surface area contributed by atoms with E-state index in [0.717, 1.165) is 42.5 Å². The molecule has 0 radical (unpaired) electrons. The average molecular weight is 511 g/mol. The lowest BCUT2D eigenvalue weighted by atomic mass is 9.97. The number of aryl methyl sites for hydroxylation is 1. The van der Waals surface area contributed by atoms with Crippen molar-refractivity contribution < 1.29 is 13.6 Å². The van der Waals surface area contributed by atoms with Crippen molar-refractivity contribution in [3.63, 3.8) is 0 Å². The summed E-state index contributed by atoms with van der Waals surface area (Å²) in [5.41, 5.74) is 1.05. The van der Waals surface area contributed by atoms with Crippen LogP contribution in [0, 0.1) is 5.82 Å². The second-order valence-electron chi connectivity index (χ2n) is 8.81. The molecule has 1 fully saturated rings. The number of hydrogen-bond donors (Lipinski definition) is 2. The number of nitrogens with one attached hydrogen (secondary N) is 1. The Morgan fingerprint density at radius 2 is 1.94 bits per heavy atom. The van der Waals surface area contributed by atoms with Gasteiger partial charge in [0, 0.05) is 59.9 Å². The van der Waals surface area contributed by atoms with Crippen LogP contribution in [0.2, 0.25) is 5.02 Å². The minimum absolute atomic E-state index is 0.124. The highest BCUT2D eigenvalue weighted by Gasteiger charge is 2.21. The van der Waals surface area contributed by atoms with E-state index in [-0.39, 0.29) is 22.0 Å². The number of halogens is 2. The second kappa shape index (κ2) is 9.79. The molecule has 0 unspecified atom stereocenters. The molecule has 2 aromatic carbocycles. The Bertz CT molecular complexity index is 1590. The van der Waals surface area contributed by atoms with E-state index in [1.165, 1.54) is 30.5 Å². The summed E-state index contributed by atoms with van der Waals surface area (Å²) >= 11 is 6.48. The van der Waals surface area contributed by atoms with Gasteiger partial charge in [-0.15, -0.1) is 0 Å². The van der Waals surface area contributed by atoms with Crippen LogP contribution in [0.4, 0.5) is 10.2 Å². The number of pyridine rings is 1. The van der Waals surface area contributed by atoms with Crippen LogP contribution in [-0.2, 0) is 6.98 Å². The number of hydrogen-bond acceptors (Lipinski definition) is 5. The minimum atomic E-state index is -2.63. The van der Waals surface area contributed by atoms with Crippen molar-refractivity contribution in [2.75, 3.05) is 25.0 Å². The lowest BCUT2D eigenvalue weighted by molar-refractivity contribution is 0.447. The molecule has 1 aliphatic heterocycles. The van der Waals surface area contributed by atoms with Gasteiger partial charge >= 0.3 is 5.69 Å². The molecule has 0 bridgehead atoms. The van der Waals surface area contributed by atoms with E-state index in [1.54, 1.807) is 18.3 Å². The van der Waals surface area contributed by atoms with Crippen LogP contribution in [0.25, 0.3) is 27.9 Å². The summed E-state index contributed by atoms with van der Waals surface area (Å²) < 4.78 is 39.1. The lowest BCUT2D eigenvalue weighted by Crippen LogP contribution is -2.44. The maximum Gasteiger partial charge on any atom is 0.332 e. The van der Waals surface area contributed by atoms with Crippen LogP contribution in [-0.4, -0.2) is 45.4 Å². The first-order valence-electron chi connectivity index (χ1n) is 13.1. The van der Waals surface area contributed by atoms with Crippen LogP contribution < -0.4 is 15.9 Å². The highest BCUT2D eigenvalue weighted by Crippen LogP contribution is 2.41. The third kappa shape index (κ3) is 4.50. The number of likely N-dealkylation sites (N-methyl/N-ethyl adjacent to an activating group) is 1. The summed E-state index contributed by atoms with van der Waals surface area (Å²) in [6.07, 6.45) is 6.23. The molecule has 0 amide bonds. The molecular formula is C27H27ClFN5O2. The zero-order chi connectivity index (χ0) is 27.9. The Balaban J connectivity index is 1.51. The first kappa shape index (κ1) is 20.6. The molecule has 4 aromatic rings. The molecule has 0 saturated carbocycles. The number of nitrogens with zero attached hydrogens (tertiary/aromatic N) is 4. The first-order valence-corrected chi connectivity index (χ1v) is 12.0. The maximum atomic E-state index is 14.9. The van der Waals surface area contributed by atoms with Crippen molar-refractivity contribution in [3.8, 4) is 33.7 Å². The number of aromatic nitrogens is 3. The van der Waals surface area contributed by atoms with Gasteiger partial charge in [0.2, 0.25) is 0 Å². The fourth-order valence-corrected chi connectivity index (χ4v) is 4.92. The number of benzene rings is 2. The van der Waals surface area contributed by atoms with Crippen molar-refractivity contribution in [2.45, 2.75) is 18.9 Å². The van der Waals surface area contributed by atoms with Gasteiger partial charge in [0.15, 0.2) is 0 Å². The molecular weight excluding hydrogens is 481 g/mol. The maximum absolute atomic E-state index is 14.9. The number of phenols is 1. The molecule has 5 rings (SSSR count). The highest BCUT2D eigenvalue weighted by molar-refractivity contribution is 6.32. The Hall–Kier alpha value is -3.62. The van der Waals surface area contributed by atoms with Gasteiger partial charge in [-0.05, 0) is 67.4 Å². The van der Waals surface area contributed by atoms with Gasteiger partial charge < -0.3 is 19.9 Å². The number of piperidine rings is 1. The Labute approximate surface area is 217 Å². The molecule has 186 valence electrons. The molecule has 9 heteroatoms. The lowest BCUT2D eigenvalue weighted by Gasteiger charge is -2.33. The smallest absolute Gasteiger partial charge is 0.332 e. The van der Waals surface area contributed by atoms with Gasteiger partial charge in [-0.1, -0.05) is 17.7 Å². The van der Waals surface area contributed by atoms with Crippen LogP contribution in [0.15, 0.2) is 65.8 Å². The molecule has 3 heterocycles. The van der Waals surface area contributed by atoms with Gasteiger partial charge in [0.25, 0.3) is 0 Å². The number of phenolic OH excluding ortho intramolecular Hbond substituents is 1. The van der Waals surface area contributed by atoms with Gasteiger partial charge in [-0.25, -0.2) is 14.2 Å². The fraction of sp³-hybridized carbons (Fsp3) is 0.259. The standard InChI is InChI=1S/C27H27ClFN5O2/c1-30-20-4-3-9-33(16-20)25-13-18(7-8-31-25)22-15-19(29)14-21(26(22)35)17-5-6-24(23(28)12-17)34-11-10-32(2)27(34)36/h5-8,10-15,20,30,35H,3-4,9,16H2,1-2H3/t20-/m0/s1/i2D3. The number of anilines is 1. The summed E-state index contributed by atoms with van der Waals surface area (Å²) in [5.74, 6) is 0.0740. The van der Waals surface area contributed by atoms with Gasteiger partial charge in [0.05, 0.1) is 10.7 Å². The molecule has 1 atom stereocenters. The van der Waals surface area contributed by atoms with E-state index in [1.807, 2.05) is 13.1 Å². The Morgan fingerprint density at radius 1 is 1.17 bits per heavy atom. The summed E-state index contributed by atoms with van der Waals surface area (Å²) in [6, 6.07) is 11.0. The molecule has 1 saturated heterocycles. The SMILES string of the molecule is [2H]C([2H])([2H])n1ccn(-c2ccc(-c3cc(F)cc(-c4ccnc(N5CCC[C@H](NC)C5)c4)c3O)cc2Cl)c1=O. The molecule has 1 aliphatic rings. The minimum Gasteiger partial charge on any atom is -0.507 e. The predicted octanol–water partition coefficient (Wildman–Crippen LogP) is 4.59. The van der Waals surface area contributed by atoms with Crippen molar-refractivity contribution in [1.82, 2.24) is 19.4 Å². The van der Waals surface area contributed by atoms with Crippen molar-refractivity contribution in [1.29, 1.82) is 0 Å². The van der Waals surface area contributed by atoms with E-state index in [2.05, 4.69) is 15.2 Å². The van der Waals surface area contributed by atoms with E-state index in [4.69, 9.17) is 15.7 Å². The van der Waals surface area contributed by atoms with Gasteiger partial charge in [-0.3, -0.25) is 4.57 Å². The number of rotatable bonds is 5. The van der Waals surface area contributed by atoms with Crippen LogP contribution in [0.3, 0.4) is 0 Å². The van der Waals surface area contributed by atoms with Crippen LogP contribution in [0.1, 0.15) is 17.0 Å². The van der Waals surface area contributed by atoms with E-state index < -0.39 is 18.5 Å². The molecule has 2 N–H and O–H groups in total. The molecule has 0 spiro atoms. The van der Waals surface area contributed by atoms with Gasteiger partial charge in [0.1, 0.15) is 17.4 Å². The summed E-state index contributed by atoms with van der Waals surface area (Å²) in [7, 11) is 1.94. The summed E-state index contributed by atoms with van der Waals surface area (Å²) in [5, 5.41) is 14.7. The molecule has 2 aromatic heterocycles. The molecule has 7 nitrogen and oxygen atoms in total. The van der Waals surface area contributed by atoms with E-state index >= 15 is 0 Å². The zero-order valence-electron chi connectivity index (χ0n) is 22.6. The van der Waals surface area contributed by atoms with Crippen molar-refractivity contribution >= 4 is 17.4 Å². The fourth-order valence-electron chi connectivity index (χ4n) is 4.65. The van der Waals surface area contributed by atoms with Crippen LogP contribution in [0.5, 0.6) is 5.75 Å². The zero-order valence-corrected chi connectivity index (χ0v) is 20.3. The first-order chi connectivity index (χ1) is 18.6. The van der Waals surface area contributed by atoms with Crippen molar-refractivity contribution in [3.05, 3.63) is 82.4 Å². The highest BCUT2D eigenvalue weighted by atomic mass is 35.5.